The van der Waals surface area contributed by atoms with Gasteiger partial charge in [-0.15, -0.1) is 0 Å². The van der Waals surface area contributed by atoms with E-state index in [-0.39, 0.29) is 0 Å². The van der Waals surface area contributed by atoms with E-state index in [0.717, 1.165) is 44.5 Å². The smallest absolute Gasteiger partial charge is 0.209 e. The van der Waals surface area contributed by atoms with Crippen molar-refractivity contribution >= 4 is 6.41 Å². The molecular weight excluding hydrogens is 202 g/mol. The normalized spacial score (nSPS) is 11.9. The average molecular weight is 227 g/mol. The van der Waals surface area contributed by atoms with Crippen molar-refractivity contribution in [2.75, 3.05) is 27.2 Å². The van der Waals surface area contributed by atoms with Gasteiger partial charge < -0.3 is 15.5 Å². The molecule has 4 nitrogen and oxygen atoms in total. The summed E-state index contributed by atoms with van der Waals surface area (Å²) in [7, 11) is 3.74. The number of carbonyl (C=O) groups excluding carboxylic acids is 1. The van der Waals surface area contributed by atoms with Crippen molar-refractivity contribution < 1.29 is 4.79 Å². The number of amides is 1. The lowest BCUT2D eigenvalue weighted by molar-refractivity contribution is -0.116. The second-order valence-corrected chi connectivity index (χ2v) is 4.08. The largest absolute Gasteiger partial charge is 0.386 e. The third-order valence-electron chi connectivity index (χ3n) is 2.59. The van der Waals surface area contributed by atoms with Gasteiger partial charge in [-0.2, -0.15) is 0 Å². The van der Waals surface area contributed by atoms with Crippen LogP contribution in [0.25, 0.3) is 0 Å². The zero-order valence-electron chi connectivity index (χ0n) is 10.8. The maximum absolute atomic E-state index is 10.4. The Bertz CT molecular complexity index is 206. The van der Waals surface area contributed by atoms with E-state index in [1.54, 1.807) is 11.9 Å². The molecule has 0 rings (SSSR count). The molecule has 0 bridgehead atoms. The van der Waals surface area contributed by atoms with Crippen molar-refractivity contribution in [2.45, 2.75) is 32.2 Å². The molecule has 0 aromatic heterocycles. The summed E-state index contributed by atoms with van der Waals surface area (Å²) in [6, 6.07) is 0.474. The Morgan fingerprint density at radius 1 is 1.56 bits per heavy atom. The van der Waals surface area contributed by atoms with Crippen LogP contribution in [0.3, 0.4) is 0 Å². The van der Waals surface area contributed by atoms with Crippen LogP contribution in [0, 0.1) is 0 Å². The molecule has 1 unspecified atom stereocenters. The minimum Gasteiger partial charge on any atom is -0.386 e. The SMILES string of the molecule is C=C(CCN(C)C=O)NC(CC)CCNC. The van der Waals surface area contributed by atoms with Crippen LogP contribution in [0.2, 0.25) is 0 Å². The van der Waals surface area contributed by atoms with Crippen molar-refractivity contribution in [3.05, 3.63) is 12.3 Å². The molecule has 0 saturated carbocycles. The Morgan fingerprint density at radius 2 is 2.25 bits per heavy atom. The quantitative estimate of drug-likeness (QED) is 0.546. The van der Waals surface area contributed by atoms with Crippen molar-refractivity contribution in [2.24, 2.45) is 0 Å². The first-order valence-electron chi connectivity index (χ1n) is 5.88. The van der Waals surface area contributed by atoms with Crippen molar-refractivity contribution in [1.82, 2.24) is 15.5 Å². The monoisotopic (exact) mass is 227 g/mol. The lowest BCUT2D eigenvalue weighted by Gasteiger charge is -2.20. The highest BCUT2D eigenvalue weighted by Crippen LogP contribution is 2.02. The Hall–Kier alpha value is -1.03. The molecule has 0 aliphatic heterocycles. The molecule has 0 saturated heterocycles. The molecule has 16 heavy (non-hydrogen) atoms. The zero-order chi connectivity index (χ0) is 12.4. The summed E-state index contributed by atoms with van der Waals surface area (Å²) in [5, 5.41) is 6.54. The number of nitrogens with one attached hydrogen (secondary N) is 2. The maximum Gasteiger partial charge on any atom is 0.209 e. The van der Waals surface area contributed by atoms with Crippen molar-refractivity contribution in [3.63, 3.8) is 0 Å². The van der Waals surface area contributed by atoms with E-state index >= 15 is 0 Å². The van der Waals surface area contributed by atoms with E-state index in [4.69, 9.17) is 0 Å². The number of hydrogen-bond donors (Lipinski definition) is 2. The van der Waals surface area contributed by atoms with E-state index in [9.17, 15) is 4.79 Å². The summed E-state index contributed by atoms with van der Waals surface area (Å²) in [5.41, 5.74) is 1.01. The molecule has 0 heterocycles. The number of hydrogen-bond acceptors (Lipinski definition) is 3. The van der Waals surface area contributed by atoms with Crippen LogP contribution in [-0.4, -0.2) is 44.5 Å². The van der Waals surface area contributed by atoms with E-state index < -0.39 is 0 Å². The van der Waals surface area contributed by atoms with Gasteiger partial charge in [0.15, 0.2) is 0 Å². The molecule has 1 atom stereocenters. The second kappa shape index (κ2) is 9.21. The zero-order valence-corrected chi connectivity index (χ0v) is 10.8. The highest BCUT2D eigenvalue weighted by molar-refractivity contribution is 5.46. The molecule has 0 aliphatic carbocycles. The van der Waals surface area contributed by atoms with Gasteiger partial charge in [-0.3, -0.25) is 4.79 Å². The first-order chi connectivity index (χ1) is 7.63. The van der Waals surface area contributed by atoms with Crippen LogP contribution in [-0.2, 0) is 4.79 Å². The van der Waals surface area contributed by atoms with Crippen LogP contribution in [0.4, 0.5) is 0 Å². The molecular formula is C12H25N3O. The van der Waals surface area contributed by atoms with Crippen molar-refractivity contribution in [1.29, 1.82) is 0 Å². The van der Waals surface area contributed by atoms with E-state index in [1.165, 1.54) is 0 Å². The van der Waals surface area contributed by atoms with Gasteiger partial charge >= 0.3 is 0 Å². The summed E-state index contributed by atoms with van der Waals surface area (Å²) in [6.07, 6.45) is 3.83. The molecule has 0 aliphatic rings. The van der Waals surface area contributed by atoms with Gasteiger partial charge in [-0.05, 0) is 26.4 Å². The van der Waals surface area contributed by atoms with Gasteiger partial charge in [-0.1, -0.05) is 13.5 Å². The molecule has 0 aromatic carbocycles. The highest BCUT2D eigenvalue weighted by Gasteiger charge is 2.06. The lowest BCUT2D eigenvalue weighted by atomic mass is 10.1. The Labute approximate surface area is 99.1 Å². The number of carbonyl (C=O) groups is 1. The van der Waals surface area contributed by atoms with Gasteiger partial charge in [0, 0.05) is 31.8 Å². The van der Waals surface area contributed by atoms with Gasteiger partial charge in [0.1, 0.15) is 0 Å². The molecule has 0 aromatic rings. The first kappa shape index (κ1) is 15.0. The van der Waals surface area contributed by atoms with Crippen molar-refractivity contribution in [3.8, 4) is 0 Å². The molecule has 94 valence electrons. The number of rotatable bonds is 10. The standard InChI is InChI=1S/C12H25N3O/c1-5-12(6-8-13-3)14-11(2)7-9-15(4)10-16/h10,12-14H,2,5-9H2,1,3-4H3. The minimum atomic E-state index is 0.474. The van der Waals surface area contributed by atoms with Crippen LogP contribution in [0.1, 0.15) is 26.2 Å². The first-order valence-corrected chi connectivity index (χ1v) is 5.88. The Kier molecular flexibility index (Phi) is 8.62. The molecule has 0 fully saturated rings. The van der Waals surface area contributed by atoms with E-state index in [2.05, 4.69) is 24.1 Å². The van der Waals surface area contributed by atoms with Crippen LogP contribution in [0.5, 0.6) is 0 Å². The van der Waals surface area contributed by atoms with Crippen LogP contribution in [0.15, 0.2) is 12.3 Å². The van der Waals surface area contributed by atoms with Gasteiger partial charge in [0.2, 0.25) is 6.41 Å². The topological polar surface area (TPSA) is 44.4 Å². The summed E-state index contributed by atoms with van der Waals surface area (Å²) in [4.78, 5) is 12.0. The Morgan fingerprint density at radius 3 is 2.75 bits per heavy atom. The van der Waals surface area contributed by atoms with Gasteiger partial charge in [-0.25, -0.2) is 0 Å². The summed E-state index contributed by atoms with van der Waals surface area (Å²) in [5.74, 6) is 0. The van der Waals surface area contributed by atoms with Crippen LogP contribution < -0.4 is 10.6 Å². The van der Waals surface area contributed by atoms with Gasteiger partial charge in [0.25, 0.3) is 0 Å². The summed E-state index contributed by atoms with van der Waals surface area (Å²) < 4.78 is 0. The molecule has 0 radical (unpaired) electrons. The predicted octanol–water partition coefficient (Wildman–Crippen LogP) is 0.956. The fraction of sp³-hybridized carbons (Fsp3) is 0.750. The van der Waals surface area contributed by atoms with Crippen LogP contribution >= 0.6 is 0 Å². The highest BCUT2D eigenvalue weighted by atomic mass is 16.1. The fourth-order valence-electron chi connectivity index (χ4n) is 1.42. The summed E-state index contributed by atoms with van der Waals surface area (Å²) in [6.45, 7) is 7.87. The third-order valence-corrected chi connectivity index (χ3v) is 2.59. The maximum atomic E-state index is 10.4. The second-order valence-electron chi connectivity index (χ2n) is 4.08. The Balaban J connectivity index is 3.77. The minimum absolute atomic E-state index is 0.474. The van der Waals surface area contributed by atoms with Gasteiger partial charge in [0.05, 0.1) is 0 Å². The lowest BCUT2D eigenvalue weighted by Crippen LogP contribution is -2.31. The summed E-state index contributed by atoms with van der Waals surface area (Å²) >= 11 is 0. The van der Waals surface area contributed by atoms with E-state index in [1.807, 2.05) is 7.05 Å². The predicted molar refractivity (Wildman–Crippen MR) is 68.2 cm³/mol. The average Bonchev–Trinajstić information content (AvgIpc) is 2.31. The molecule has 1 amide bonds. The number of nitrogens with zero attached hydrogens (tertiary/aromatic N) is 1. The molecule has 4 heteroatoms. The third kappa shape index (κ3) is 7.29. The molecule has 2 N–H and O–H groups in total. The van der Waals surface area contributed by atoms with E-state index in [0.29, 0.717) is 6.04 Å². The molecule has 0 spiro atoms. The fourth-order valence-corrected chi connectivity index (χ4v) is 1.42.